The SMILES string of the molecule is CCOC(=O)N(CCC(=O)CO)Cc1ccccc1. The molecule has 0 spiro atoms. The number of benzene rings is 1. The first-order valence-corrected chi connectivity index (χ1v) is 6.25. The standard InChI is InChI=1S/C14H19NO4/c1-2-19-14(18)15(9-8-13(17)11-16)10-12-6-4-3-5-7-12/h3-7,16H,2,8-11H2,1H3. The summed E-state index contributed by atoms with van der Waals surface area (Å²) in [6, 6.07) is 9.47. The van der Waals surface area contributed by atoms with Crippen LogP contribution >= 0.6 is 0 Å². The van der Waals surface area contributed by atoms with Crippen molar-refractivity contribution < 1.29 is 19.4 Å². The molecule has 0 saturated heterocycles. The summed E-state index contributed by atoms with van der Waals surface area (Å²) in [5.74, 6) is -0.289. The second-order valence-corrected chi connectivity index (χ2v) is 4.05. The van der Waals surface area contributed by atoms with Gasteiger partial charge in [0.15, 0.2) is 5.78 Å². The van der Waals surface area contributed by atoms with Crippen molar-refractivity contribution in [3.8, 4) is 0 Å². The molecule has 0 atom stereocenters. The largest absolute Gasteiger partial charge is 0.450 e. The summed E-state index contributed by atoms with van der Waals surface area (Å²) in [6.07, 6.45) is -0.320. The van der Waals surface area contributed by atoms with E-state index < -0.39 is 12.7 Å². The molecule has 19 heavy (non-hydrogen) atoms. The molecule has 0 aliphatic carbocycles. The normalized spacial score (nSPS) is 10.0. The second kappa shape index (κ2) is 8.26. The Hall–Kier alpha value is -1.88. The van der Waals surface area contributed by atoms with Crippen molar-refractivity contribution in [2.75, 3.05) is 19.8 Å². The first-order valence-electron chi connectivity index (χ1n) is 6.25. The van der Waals surface area contributed by atoms with E-state index in [1.807, 2.05) is 30.3 Å². The predicted molar refractivity (Wildman–Crippen MR) is 70.6 cm³/mol. The minimum Gasteiger partial charge on any atom is -0.450 e. The Labute approximate surface area is 112 Å². The van der Waals surface area contributed by atoms with Crippen LogP contribution < -0.4 is 0 Å². The first kappa shape index (κ1) is 15.2. The van der Waals surface area contributed by atoms with Crippen LogP contribution in [0.15, 0.2) is 30.3 Å². The highest BCUT2D eigenvalue weighted by atomic mass is 16.6. The molecule has 104 valence electrons. The van der Waals surface area contributed by atoms with Crippen LogP contribution in [0.1, 0.15) is 18.9 Å². The number of nitrogens with zero attached hydrogens (tertiary/aromatic N) is 1. The number of carbonyl (C=O) groups excluding carboxylic acids is 2. The molecule has 5 nitrogen and oxygen atoms in total. The van der Waals surface area contributed by atoms with Crippen molar-refractivity contribution in [1.82, 2.24) is 4.90 Å². The number of aliphatic hydroxyl groups is 1. The van der Waals surface area contributed by atoms with Crippen LogP contribution in [0, 0.1) is 0 Å². The molecule has 0 aliphatic heterocycles. The lowest BCUT2D eigenvalue weighted by Gasteiger charge is -2.21. The third kappa shape index (κ3) is 5.52. The summed E-state index contributed by atoms with van der Waals surface area (Å²) in [5.41, 5.74) is 0.965. The van der Waals surface area contributed by atoms with Gasteiger partial charge in [-0.2, -0.15) is 0 Å². The fraction of sp³-hybridized carbons (Fsp3) is 0.429. The molecule has 0 unspecified atom stereocenters. The molecule has 1 aromatic rings. The monoisotopic (exact) mass is 265 g/mol. The van der Waals surface area contributed by atoms with E-state index in [4.69, 9.17) is 9.84 Å². The second-order valence-electron chi connectivity index (χ2n) is 4.05. The van der Waals surface area contributed by atoms with Gasteiger partial charge in [-0.3, -0.25) is 4.79 Å². The predicted octanol–water partition coefficient (Wildman–Crippen LogP) is 1.60. The minimum atomic E-state index is -0.498. The number of ketones is 1. The van der Waals surface area contributed by atoms with E-state index in [-0.39, 0.29) is 25.4 Å². The van der Waals surface area contributed by atoms with E-state index in [1.54, 1.807) is 6.92 Å². The summed E-state index contributed by atoms with van der Waals surface area (Å²) in [7, 11) is 0. The maximum absolute atomic E-state index is 11.8. The molecule has 0 saturated carbocycles. The highest BCUT2D eigenvalue weighted by Gasteiger charge is 2.16. The summed E-state index contributed by atoms with van der Waals surface area (Å²) in [6.45, 7) is 2.16. The molecule has 0 aromatic heterocycles. The zero-order valence-electron chi connectivity index (χ0n) is 11.0. The van der Waals surface area contributed by atoms with E-state index in [0.717, 1.165) is 5.56 Å². The number of carbonyl (C=O) groups is 2. The van der Waals surface area contributed by atoms with Crippen LogP contribution in [0.5, 0.6) is 0 Å². The van der Waals surface area contributed by atoms with Gasteiger partial charge in [0.2, 0.25) is 0 Å². The molecule has 1 rings (SSSR count). The summed E-state index contributed by atoms with van der Waals surface area (Å²) >= 11 is 0. The molecule has 0 fully saturated rings. The number of hydrogen-bond donors (Lipinski definition) is 1. The van der Waals surface area contributed by atoms with Gasteiger partial charge >= 0.3 is 6.09 Å². The third-order valence-corrected chi connectivity index (χ3v) is 2.58. The van der Waals surface area contributed by atoms with E-state index in [9.17, 15) is 9.59 Å². The first-order chi connectivity index (χ1) is 9.17. The van der Waals surface area contributed by atoms with Gasteiger partial charge in [0, 0.05) is 19.5 Å². The molecular weight excluding hydrogens is 246 g/mol. The Bertz CT molecular complexity index is 405. The molecule has 1 amide bonds. The Balaban J connectivity index is 2.63. The smallest absolute Gasteiger partial charge is 0.410 e. The van der Waals surface area contributed by atoms with Crippen LogP contribution in [0.25, 0.3) is 0 Å². The number of hydrogen-bond acceptors (Lipinski definition) is 4. The third-order valence-electron chi connectivity index (χ3n) is 2.58. The van der Waals surface area contributed by atoms with Gasteiger partial charge in [0.1, 0.15) is 6.61 Å². The fourth-order valence-electron chi connectivity index (χ4n) is 1.59. The molecule has 0 radical (unpaired) electrons. The van der Waals surface area contributed by atoms with Gasteiger partial charge in [-0.05, 0) is 12.5 Å². The highest BCUT2D eigenvalue weighted by molar-refractivity contribution is 5.80. The Kier molecular flexibility index (Phi) is 6.60. The van der Waals surface area contributed by atoms with Crippen LogP contribution in [-0.2, 0) is 16.1 Å². The van der Waals surface area contributed by atoms with Crippen molar-refractivity contribution in [2.24, 2.45) is 0 Å². The molecule has 1 N–H and O–H groups in total. The highest BCUT2D eigenvalue weighted by Crippen LogP contribution is 2.07. The average molecular weight is 265 g/mol. The Morgan fingerprint density at radius 1 is 1.26 bits per heavy atom. The van der Waals surface area contributed by atoms with Crippen molar-refractivity contribution in [1.29, 1.82) is 0 Å². The zero-order valence-corrected chi connectivity index (χ0v) is 11.0. The van der Waals surface area contributed by atoms with Gasteiger partial charge in [-0.15, -0.1) is 0 Å². The molecule has 0 aliphatic rings. The van der Waals surface area contributed by atoms with Crippen molar-refractivity contribution >= 4 is 11.9 Å². The van der Waals surface area contributed by atoms with Gasteiger partial charge in [-0.25, -0.2) is 4.79 Å². The number of rotatable bonds is 7. The number of aliphatic hydroxyl groups excluding tert-OH is 1. The Morgan fingerprint density at radius 3 is 2.53 bits per heavy atom. The lowest BCUT2D eigenvalue weighted by molar-refractivity contribution is -0.122. The topological polar surface area (TPSA) is 66.8 Å². The van der Waals surface area contributed by atoms with Crippen LogP contribution in [0.2, 0.25) is 0 Å². The number of amides is 1. The van der Waals surface area contributed by atoms with E-state index in [2.05, 4.69) is 0 Å². The lowest BCUT2D eigenvalue weighted by atomic mass is 10.2. The summed E-state index contributed by atoms with van der Waals surface area (Å²) in [4.78, 5) is 24.4. The fourth-order valence-corrected chi connectivity index (χ4v) is 1.59. The van der Waals surface area contributed by atoms with E-state index >= 15 is 0 Å². The van der Waals surface area contributed by atoms with Gasteiger partial charge in [0.05, 0.1) is 6.61 Å². The van der Waals surface area contributed by atoms with Crippen molar-refractivity contribution in [3.63, 3.8) is 0 Å². The number of ether oxygens (including phenoxy) is 1. The average Bonchev–Trinajstić information content (AvgIpc) is 2.44. The summed E-state index contributed by atoms with van der Waals surface area (Å²) < 4.78 is 4.96. The number of Topliss-reactive ketones (excluding diaryl/α,β-unsaturated/α-hetero) is 1. The maximum Gasteiger partial charge on any atom is 0.410 e. The van der Waals surface area contributed by atoms with Crippen molar-refractivity contribution in [3.05, 3.63) is 35.9 Å². The van der Waals surface area contributed by atoms with Gasteiger partial charge in [0.25, 0.3) is 0 Å². The molecule has 1 aromatic carbocycles. The minimum absolute atomic E-state index is 0.127. The van der Waals surface area contributed by atoms with Crippen LogP contribution in [-0.4, -0.2) is 41.6 Å². The van der Waals surface area contributed by atoms with Crippen LogP contribution in [0.3, 0.4) is 0 Å². The van der Waals surface area contributed by atoms with E-state index in [0.29, 0.717) is 6.54 Å². The quantitative estimate of drug-likeness (QED) is 0.813. The maximum atomic E-state index is 11.8. The lowest BCUT2D eigenvalue weighted by Crippen LogP contribution is -2.33. The van der Waals surface area contributed by atoms with Gasteiger partial charge in [-0.1, -0.05) is 30.3 Å². The molecule has 0 bridgehead atoms. The molecular formula is C14H19NO4. The van der Waals surface area contributed by atoms with Crippen LogP contribution in [0.4, 0.5) is 4.79 Å². The zero-order chi connectivity index (χ0) is 14.1. The van der Waals surface area contributed by atoms with Crippen molar-refractivity contribution in [2.45, 2.75) is 19.9 Å². The molecule has 0 heterocycles. The Morgan fingerprint density at radius 2 is 1.95 bits per heavy atom. The van der Waals surface area contributed by atoms with E-state index in [1.165, 1.54) is 4.90 Å². The molecule has 5 heteroatoms. The van der Waals surface area contributed by atoms with Gasteiger partial charge < -0.3 is 14.7 Å². The summed E-state index contributed by atoms with van der Waals surface area (Å²) in [5, 5.41) is 8.70.